The topological polar surface area (TPSA) is 75.1 Å². The summed E-state index contributed by atoms with van der Waals surface area (Å²) in [7, 11) is 0. The van der Waals surface area contributed by atoms with Gasteiger partial charge in [0.05, 0.1) is 0 Å². The summed E-state index contributed by atoms with van der Waals surface area (Å²) in [6.45, 7) is 2.02. The zero-order chi connectivity index (χ0) is 15.7. The molecule has 8 heteroatoms. The number of alkyl halides is 3. The summed E-state index contributed by atoms with van der Waals surface area (Å²) in [6.07, 6.45) is -1.56. The van der Waals surface area contributed by atoms with Crippen LogP contribution in [0.3, 0.4) is 0 Å². The van der Waals surface area contributed by atoms with E-state index in [1.807, 2.05) is 6.92 Å². The van der Waals surface area contributed by atoms with E-state index < -0.39 is 23.4 Å². The summed E-state index contributed by atoms with van der Waals surface area (Å²) < 4.78 is 37.9. The van der Waals surface area contributed by atoms with Crippen molar-refractivity contribution in [2.24, 2.45) is 5.92 Å². The number of halogens is 3. The van der Waals surface area contributed by atoms with Crippen molar-refractivity contribution >= 4 is 11.9 Å². The third-order valence-corrected chi connectivity index (χ3v) is 3.83. The first-order valence-electron chi connectivity index (χ1n) is 6.65. The summed E-state index contributed by atoms with van der Waals surface area (Å²) >= 11 is 0. The number of carboxylic acid groups (broad SMARTS) is 1. The molecule has 5 nitrogen and oxygen atoms in total. The van der Waals surface area contributed by atoms with Crippen LogP contribution in [0.5, 0.6) is 0 Å². The molecule has 1 heterocycles. The Labute approximate surface area is 119 Å². The lowest BCUT2D eigenvalue weighted by Gasteiger charge is -2.36. The van der Waals surface area contributed by atoms with Crippen molar-refractivity contribution < 1.29 is 23.1 Å². The van der Waals surface area contributed by atoms with E-state index in [-0.39, 0.29) is 5.95 Å². The van der Waals surface area contributed by atoms with Gasteiger partial charge >= 0.3 is 12.1 Å². The fourth-order valence-corrected chi connectivity index (χ4v) is 2.44. The third-order valence-electron chi connectivity index (χ3n) is 3.83. The summed E-state index contributed by atoms with van der Waals surface area (Å²) in [6, 6.07) is 0.752. The zero-order valence-electron chi connectivity index (χ0n) is 11.4. The first-order valence-corrected chi connectivity index (χ1v) is 6.65. The van der Waals surface area contributed by atoms with Gasteiger partial charge in [0.1, 0.15) is 11.2 Å². The maximum Gasteiger partial charge on any atom is 0.433 e. The van der Waals surface area contributed by atoms with Gasteiger partial charge in [0.25, 0.3) is 0 Å². The Balaban J connectivity index is 2.24. The molecule has 1 aromatic heterocycles. The molecule has 0 spiro atoms. The van der Waals surface area contributed by atoms with Crippen LogP contribution in [0.4, 0.5) is 19.1 Å². The normalized spacial score (nSPS) is 26.4. The van der Waals surface area contributed by atoms with Gasteiger partial charge in [-0.25, -0.2) is 14.8 Å². The van der Waals surface area contributed by atoms with Crippen molar-refractivity contribution in [1.82, 2.24) is 9.97 Å². The predicted molar refractivity (Wildman–Crippen MR) is 68.7 cm³/mol. The van der Waals surface area contributed by atoms with Crippen LogP contribution in [-0.4, -0.2) is 26.6 Å². The highest BCUT2D eigenvalue weighted by molar-refractivity contribution is 5.82. The van der Waals surface area contributed by atoms with E-state index in [4.69, 9.17) is 0 Å². The zero-order valence-corrected chi connectivity index (χ0v) is 11.4. The lowest BCUT2D eigenvalue weighted by molar-refractivity contribution is -0.143. The molecule has 0 atom stereocenters. The molecule has 2 N–H and O–H groups in total. The second-order valence-corrected chi connectivity index (χ2v) is 5.46. The first-order chi connectivity index (χ1) is 9.73. The molecule has 1 saturated carbocycles. The van der Waals surface area contributed by atoms with Gasteiger partial charge in [0, 0.05) is 6.20 Å². The fourth-order valence-electron chi connectivity index (χ4n) is 2.44. The maximum atomic E-state index is 12.6. The molecule has 0 saturated heterocycles. The molecular weight excluding hydrogens is 287 g/mol. The van der Waals surface area contributed by atoms with Gasteiger partial charge in [-0.3, -0.25) is 0 Å². The highest BCUT2D eigenvalue weighted by atomic mass is 19.4. The van der Waals surface area contributed by atoms with Gasteiger partial charge < -0.3 is 10.4 Å². The minimum atomic E-state index is -4.59. The Morgan fingerprint density at radius 2 is 2.05 bits per heavy atom. The average molecular weight is 303 g/mol. The van der Waals surface area contributed by atoms with E-state index in [1.165, 1.54) is 0 Å². The monoisotopic (exact) mass is 303 g/mol. The van der Waals surface area contributed by atoms with E-state index in [0.717, 1.165) is 12.3 Å². The van der Waals surface area contributed by atoms with Gasteiger partial charge in [-0.15, -0.1) is 0 Å². The average Bonchev–Trinajstić information content (AvgIpc) is 2.41. The molecule has 0 bridgehead atoms. The number of nitrogens with zero attached hydrogens (tertiary/aromatic N) is 2. The molecule has 1 fully saturated rings. The van der Waals surface area contributed by atoms with Gasteiger partial charge in [0.15, 0.2) is 0 Å². The SMILES string of the molecule is CC1CCC(Nc2nccc(C(F)(F)F)n2)(C(=O)O)CC1. The number of hydrogen-bond acceptors (Lipinski definition) is 4. The van der Waals surface area contributed by atoms with Crippen molar-refractivity contribution in [2.75, 3.05) is 5.32 Å². The predicted octanol–water partition coefficient (Wildman–Crippen LogP) is 2.94. The molecule has 1 aliphatic rings. The van der Waals surface area contributed by atoms with Crippen LogP contribution < -0.4 is 5.32 Å². The molecule has 0 unspecified atom stereocenters. The van der Waals surface area contributed by atoms with Crippen molar-refractivity contribution in [1.29, 1.82) is 0 Å². The van der Waals surface area contributed by atoms with Crippen LogP contribution in [-0.2, 0) is 11.0 Å². The van der Waals surface area contributed by atoms with Crippen LogP contribution in [0, 0.1) is 5.92 Å². The molecule has 0 aromatic carbocycles. The van der Waals surface area contributed by atoms with Crippen LogP contribution in [0.2, 0.25) is 0 Å². The van der Waals surface area contributed by atoms with Crippen molar-refractivity contribution in [3.8, 4) is 0 Å². The molecular formula is C13H16F3N3O2. The molecule has 1 aliphatic carbocycles. The van der Waals surface area contributed by atoms with Crippen LogP contribution >= 0.6 is 0 Å². The third kappa shape index (κ3) is 3.43. The highest BCUT2D eigenvalue weighted by Gasteiger charge is 2.42. The van der Waals surface area contributed by atoms with Gasteiger partial charge in [-0.05, 0) is 37.7 Å². The Bertz CT molecular complexity index is 526. The molecule has 0 radical (unpaired) electrons. The van der Waals surface area contributed by atoms with E-state index in [2.05, 4.69) is 15.3 Å². The molecule has 0 amide bonds. The standard InChI is InChI=1S/C13H16F3N3O2/c1-8-2-5-12(6-3-8,10(20)21)19-11-17-7-4-9(18-11)13(14,15)16/h4,7-8H,2-3,5-6H2,1H3,(H,20,21)(H,17,18,19). The second kappa shape index (κ2) is 5.50. The summed E-state index contributed by atoms with van der Waals surface area (Å²) in [5, 5.41) is 12.0. The molecule has 116 valence electrons. The maximum absolute atomic E-state index is 12.6. The molecule has 2 rings (SSSR count). The summed E-state index contributed by atoms with van der Waals surface area (Å²) in [5.74, 6) is -0.987. The number of nitrogens with one attached hydrogen (secondary N) is 1. The molecule has 1 aromatic rings. The van der Waals surface area contributed by atoms with Crippen LogP contribution in [0.15, 0.2) is 12.3 Å². The summed E-state index contributed by atoms with van der Waals surface area (Å²) in [4.78, 5) is 18.6. The van der Waals surface area contributed by atoms with E-state index >= 15 is 0 Å². The Morgan fingerprint density at radius 1 is 1.43 bits per heavy atom. The summed E-state index contributed by atoms with van der Waals surface area (Å²) in [5.41, 5.74) is -2.39. The number of carbonyl (C=O) groups is 1. The van der Waals surface area contributed by atoms with Gasteiger partial charge in [-0.2, -0.15) is 13.2 Å². The van der Waals surface area contributed by atoms with Gasteiger partial charge in [-0.1, -0.05) is 6.92 Å². The quantitative estimate of drug-likeness (QED) is 0.898. The van der Waals surface area contributed by atoms with Gasteiger partial charge in [0.2, 0.25) is 5.95 Å². The minimum absolute atomic E-state index is 0.304. The Morgan fingerprint density at radius 3 is 2.57 bits per heavy atom. The second-order valence-electron chi connectivity index (χ2n) is 5.46. The van der Waals surface area contributed by atoms with E-state index in [9.17, 15) is 23.1 Å². The van der Waals surface area contributed by atoms with Crippen LogP contribution in [0.25, 0.3) is 0 Å². The number of aromatic nitrogens is 2. The number of carboxylic acids is 1. The molecule has 21 heavy (non-hydrogen) atoms. The Kier molecular flexibility index (Phi) is 4.06. The first kappa shape index (κ1) is 15.5. The van der Waals surface area contributed by atoms with Crippen molar-refractivity contribution in [3.63, 3.8) is 0 Å². The van der Waals surface area contributed by atoms with Crippen molar-refractivity contribution in [2.45, 2.75) is 44.3 Å². The minimum Gasteiger partial charge on any atom is -0.480 e. The highest BCUT2D eigenvalue weighted by Crippen LogP contribution is 2.35. The number of aliphatic carboxylic acids is 1. The smallest absolute Gasteiger partial charge is 0.433 e. The lowest BCUT2D eigenvalue weighted by Crippen LogP contribution is -2.49. The van der Waals surface area contributed by atoms with Crippen LogP contribution in [0.1, 0.15) is 38.3 Å². The number of rotatable bonds is 3. The lowest BCUT2D eigenvalue weighted by atomic mass is 9.77. The molecule has 0 aliphatic heterocycles. The number of anilines is 1. The number of hydrogen-bond donors (Lipinski definition) is 2. The van der Waals surface area contributed by atoms with E-state index in [0.29, 0.717) is 31.6 Å². The van der Waals surface area contributed by atoms with E-state index in [1.54, 1.807) is 0 Å². The fraction of sp³-hybridized carbons (Fsp3) is 0.615. The largest absolute Gasteiger partial charge is 0.480 e. The van der Waals surface area contributed by atoms with Crippen molar-refractivity contribution in [3.05, 3.63) is 18.0 Å². The Hall–Kier alpha value is -1.86.